The van der Waals surface area contributed by atoms with Gasteiger partial charge in [0.15, 0.2) is 0 Å². The zero-order valence-electron chi connectivity index (χ0n) is 17.3. The van der Waals surface area contributed by atoms with Gasteiger partial charge in [-0.15, -0.1) is 0 Å². The lowest BCUT2D eigenvalue weighted by Gasteiger charge is -2.03. The quantitative estimate of drug-likeness (QED) is 0.212. The summed E-state index contributed by atoms with van der Waals surface area (Å²) >= 11 is 0. The molecule has 2 heteroatoms. The maximum absolute atomic E-state index is 11.2. The summed E-state index contributed by atoms with van der Waals surface area (Å²) < 4.78 is 0. The smallest absolute Gasteiger partial charge is 0.132 e. The van der Waals surface area contributed by atoms with Crippen LogP contribution in [0.15, 0.2) is 0 Å². The van der Waals surface area contributed by atoms with Gasteiger partial charge in [-0.25, -0.2) is 0 Å². The Morgan fingerprint density at radius 3 is 1.04 bits per heavy atom. The van der Waals surface area contributed by atoms with E-state index in [9.17, 15) is 9.59 Å². The van der Waals surface area contributed by atoms with E-state index in [4.69, 9.17) is 0 Å². The highest BCUT2D eigenvalue weighted by molar-refractivity contribution is 5.77. The summed E-state index contributed by atoms with van der Waals surface area (Å²) in [6.45, 7) is 3.65. The summed E-state index contributed by atoms with van der Waals surface area (Å²) in [5.74, 6) is 0.761. The summed E-state index contributed by atoms with van der Waals surface area (Å²) in [7, 11) is 0. The van der Waals surface area contributed by atoms with Crippen LogP contribution in [0.3, 0.4) is 0 Å². The molecule has 0 fully saturated rings. The first kappa shape index (κ1) is 24.3. The molecule has 0 aromatic rings. The Hall–Kier alpha value is -0.660. The number of hydrogen-bond donors (Lipinski definition) is 0. The number of rotatable bonds is 20. The molecular weight excluding hydrogens is 308 g/mol. The second-order valence-corrected chi connectivity index (χ2v) is 7.75. The van der Waals surface area contributed by atoms with Gasteiger partial charge >= 0.3 is 0 Å². The molecule has 0 aromatic heterocycles. The van der Waals surface area contributed by atoms with Crippen LogP contribution < -0.4 is 0 Å². The molecule has 25 heavy (non-hydrogen) atoms. The van der Waals surface area contributed by atoms with Crippen molar-refractivity contribution in [2.24, 2.45) is 0 Å². The van der Waals surface area contributed by atoms with Gasteiger partial charge in [0.1, 0.15) is 11.6 Å². The van der Waals surface area contributed by atoms with E-state index in [0.29, 0.717) is 18.0 Å². The van der Waals surface area contributed by atoms with Gasteiger partial charge in [-0.1, -0.05) is 96.8 Å². The fourth-order valence-electron chi connectivity index (χ4n) is 3.35. The molecule has 148 valence electrons. The lowest BCUT2D eigenvalue weighted by atomic mass is 10.0. The molecular formula is C23H44O2. The number of Topliss-reactive ketones (excluding diaryl/α,β-unsaturated/α-hetero) is 2. The molecule has 0 aromatic carbocycles. The lowest BCUT2D eigenvalue weighted by molar-refractivity contribution is -0.119. The van der Waals surface area contributed by atoms with Crippen molar-refractivity contribution >= 4 is 11.6 Å². The standard InChI is InChI=1S/C23H44O2/c1-3-23(25)21-19-17-15-13-11-9-7-5-4-6-8-10-12-14-16-18-20-22(2)24/h3-21H2,1-2H3. The second-order valence-electron chi connectivity index (χ2n) is 7.75. The largest absolute Gasteiger partial charge is 0.300 e. The van der Waals surface area contributed by atoms with Crippen LogP contribution in [0.25, 0.3) is 0 Å². The summed E-state index contributed by atoms with van der Waals surface area (Å²) in [4.78, 5) is 22.0. The highest BCUT2D eigenvalue weighted by atomic mass is 16.1. The molecule has 0 N–H and O–H groups in total. The highest BCUT2D eigenvalue weighted by Crippen LogP contribution is 2.14. The number of unbranched alkanes of at least 4 members (excludes halogenated alkanes) is 15. The van der Waals surface area contributed by atoms with E-state index in [1.165, 1.54) is 89.9 Å². The normalized spacial score (nSPS) is 11.0. The van der Waals surface area contributed by atoms with Gasteiger partial charge in [0.25, 0.3) is 0 Å². The van der Waals surface area contributed by atoms with E-state index < -0.39 is 0 Å². The van der Waals surface area contributed by atoms with Gasteiger partial charge in [-0.2, -0.15) is 0 Å². The Kier molecular flexibility index (Phi) is 19.1. The molecule has 2 nitrogen and oxygen atoms in total. The van der Waals surface area contributed by atoms with Gasteiger partial charge in [-0.05, 0) is 19.8 Å². The summed E-state index contributed by atoms with van der Waals surface area (Å²) in [6.07, 6.45) is 23.4. The van der Waals surface area contributed by atoms with Gasteiger partial charge < -0.3 is 4.79 Å². The Bertz CT molecular complexity index is 309. The average molecular weight is 353 g/mol. The zero-order chi connectivity index (χ0) is 18.6. The molecule has 0 spiro atoms. The molecule has 0 aliphatic rings. The molecule has 0 saturated carbocycles. The summed E-state index contributed by atoms with van der Waals surface area (Å²) in [5.41, 5.74) is 0. The average Bonchev–Trinajstić information content (AvgIpc) is 2.60. The van der Waals surface area contributed by atoms with Crippen LogP contribution in [0.5, 0.6) is 0 Å². The second kappa shape index (κ2) is 19.7. The molecule has 0 bridgehead atoms. The van der Waals surface area contributed by atoms with Crippen molar-refractivity contribution in [1.82, 2.24) is 0 Å². The van der Waals surface area contributed by atoms with Gasteiger partial charge in [0.05, 0.1) is 0 Å². The number of carbonyl (C=O) groups is 2. The van der Waals surface area contributed by atoms with E-state index in [1.54, 1.807) is 6.92 Å². The lowest BCUT2D eigenvalue weighted by Crippen LogP contribution is -1.94. The van der Waals surface area contributed by atoms with Crippen molar-refractivity contribution in [3.8, 4) is 0 Å². The van der Waals surface area contributed by atoms with Crippen molar-refractivity contribution in [2.75, 3.05) is 0 Å². The van der Waals surface area contributed by atoms with Crippen LogP contribution >= 0.6 is 0 Å². The Labute approximate surface area is 157 Å². The molecule has 0 unspecified atom stereocenters. The molecule has 0 amide bonds. The summed E-state index contributed by atoms with van der Waals surface area (Å²) in [6, 6.07) is 0. The van der Waals surface area contributed by atoms with Crippen molar-refractivity contribution in [3.05, 3.63) is 0 Å². The minimum atomic E-state index is 0.337. The first-order valence-corrected chi connectivity index (χ1v) is 11.2. The van der Waals surface area contributed by atoms with Crippen molar-refractivity contribution in [3.63, 3.8) is 0 Å². The minimum absolute atomic E-state index is 0.337. The maximum Gasteiger partial charge on any atom is 0.132 e. The van der Waals surface area contributed by atoms with E-state index in [-0.39, 0.29) is 0 Å². The minimum Gasteiger partial charge on any atom is -0.300 e. The first-order chi connectivity index (χ1) is 12.2. The third-order valence-electron chi connectivity index (χ3n) is 5.13. The fraction of sp³-hybridized carbons (Fsp3) is 0.913. The van der Waals surface area contributed by atoms with Crippen LogP contribution in [-0.2, 0) is 9.59 Å². The SMILES string of the molecule is CCC(=O)CCCCCCCCCCCCCCCCCCC(C)=O. The van der Waals surface area contributed by atoms with E-state index >= 15 is 0 Å². The molecule has 0 radical (unpaired) electrons. The molecule has 0 atom stereocenters. The monoisotopic (exact) mass is 352 g/mol. The van der Waals surface area contributed by atoms with Crippen molar-refractivity contribution < 1.29 is 9.59 Å². The topological polar surface area (TPSA) is 34.1 Å². The molecule has 0 heterocycles. The summed E-state index contributed by atoms with van der Waals surface area (Å²) in [5, 5.41) is 0. The molecule has 0 aliphatic carbocycles. The van der Waals surface area contributed by atoms with Crippen LogP contribution in [0.1, 0.15) is 136 Å². The van der Waals surface area contributed by atoms with Gasteiger partial charge in [-0.3, -0.25) is 4.79 Å². The van der Waals surface area contributed by atoms with E-state index in [0.717, 1.165) is 25.7 Å². The number of hydrogen-bond acceptors (Lipinski definition) is 2. The molecule has 0 rings (SSSR count). The first-order valence-electron chi connectivity index (χ1n) is 11.2. The van der Waals surface area contributed by atoms with Crippen LogP contribution in [0, 0.1) is 0 Å². The van der Waals surface area contributed by atoms with Gasteiger partial charge in [0.2, 0.25) is 0 Å². The number of ketones is 2. The van der Waals surface area contributed by atoms with Crippen molar-refractivity contribution in [2.45, 2.75) is 136 Å². The Balaban J connectivity index is 3.03. The Morgan fingerprint density at radius 2 is 0.760 bits per heavy atom. The van der Waals surface area contributed by atoms with E-state index in [1.807, 2.05) is 6.92 Å². The van der Waals surface area contributed by atoms with Gasteiger partial charge in [0, 0.05) is 19.3 Å². The third kappa shape index (κ3) is 21.3. The predicted octanol–water partition coefficient (Wildman–Crippen LogP) is 7.58. The van der Waals surface area contributed by atoms with Crippen LogP contribution in [0.4, 0.5) is 0 Å². The van der Waals surface area contributed by atoms with Crippen molar-refractivity contribution in [1.29, 1.82) is 0 Å². The number of carbonyl (C=O) groups excluding carboxylic acids is 2. The Morgan fingerprint density at radius 1 is 0.480 bits per heavy atom. The zero-order valence-corrected chi connectivity index (χ0v) is 17.3. The molecule has 0 saturated heterocycles. The maximum atomic E-state index is 11.2. The third-order valence-corrected chi connectivity index (χ3v) is 5.13. The molecule has 0 aliphatic heterocycles. The van der Waals surface area contributed by atoms with Crippen LogP contribution in [0.2, 0.25) is 0 Å². The predicted molar refractivity (Wildman–Crippen MR) is 109 cm³/mol. The fourth-order valence-corrected chi connectivity index (χ4v) is 3.35. The van der Waals surface area contributed by atoms with Crippen LogP contribution in [-0.4, -0.2) is 11.6 Å². The highest BCUT2D eigenvalue weighted by Gasteiger charge is 1.98. The van der Waals surface area contributed by atoms with E-state index in [2.05, 4.69) is 0 Å².